The topological polar surface area (TPSA) is 89.9 Å². The van der Waals surface area contributed by atoms with Gasteiger partial charge < -0.3 is 15.5 Å². The first kappa shape index (κ1) is 16.1. The highest BCUT2D eigenvalue weighted by Crippen LogP contribution is 2.32. The molecule has 0 aliphatic carbocycles. The lowest BCUT2D eigenvalue weighted by Crippen LogP contribution is -2.06. The summed E-state index contributed by atoms with van der Waals surface area (Å²) in [5, 5.41) is 4.27. The minimum absolute atomic E-state index is 0.141. The Hall–Kier alpha value is -3.41. The molecule has 6 heteroatoms. The van der Waals surface area contributed by atoms with Crippen LogP contribution in [-0.2, 0) is 0 Å². The lowest BCUT2D eigenvalue weighted by molar-refractivity contribution is 0.622. The van der Waals surface area contributed by atoms with Crippen LogP contribution in [0.15, 0.2) is 46.9 Å². The van der Waals surface area contributed by atoms with Crippen LogP contribution in [0.5, 0.6) is 0 Å². The number of nitrogen functional groups attached to an aromatic ring is 1. The van der Waals surface area contributed by atoms with Crippen LogP contribution < -0.4 is 11.1 Å². The highest BCUT2D eigenvalue weighted by Gasteiger charge is 2.17. The van der Waals surface area contributed by atoms with E-state index in [1.54, 1.807) is 0 Å². The van der Waals surface area contributed by atoms with E-state index in [0.29, 0.717) is 17.5 Å². The van der Waals surface area contributed by atoms with Crippen LogP contribution in [0.25, 0.3) is 22.6 Å². The summed E-state index contributed by atoms with van der Waals surface area (Å²) in [6.45, 7) is 6.09. The van der Waals surface area contributed by atoms with E-state index in [0.717, 1.165) is 27.8 Å². The predicted octanol–water partition coefficient (Wildman–Crippen LogP) is 4.54. The third-order valence-corrected chi connectivity index (χ3v) is 4.55. The number of rotatable bonds is 3. The van der Waals surface area contributed by atoms with Crippen LogP contribution in [0, 0.1) is 20.8 Å². The summed E-state index contributed by atoms with van der Waals surface area (Å²) in [5.74, 6) is 1.55. The molecule has 2 aromatic carbocycles. The highest BCUT2D eigenvalue weighted by molar-refractivity contribution is 5.86. The number of nitrogens with one attached hydrogen (secondary N) is 1. The molecule has 4 aromatic rings. The molecule has 26 heavy (non-hydrogen) atoms. The molecule has 0 bridgehead atoms. The monoisotopic (exact) mass is 345 g/mol. The molecule has 130 valence electrons. The molecular weight excluding hydrogens is 326 g/mol. The summed E-state index contributed by atoms with van der Waals surface area (Å²) in [7, 11) is 0. The number of benzene rings is 2. The zero-order chi connectivity index (χ0) is 18.3. The average Bonchev–Trinajstić information content (AvgIpc) is 2.96. The van der Waals surface area contributed by atoms with Crippen molar-refractivity contribution < 1.29 is 4.42 Å². The number of para-hydroxylation sites is 1. The molecule has 0 unspecified atom stereocenters. The van der Waals surface area contributed by atoms with Crippen molar-refractivity contribution in [2.24, 2.45) is 0 Å². The largest absolute Gasteiger partial charge is 0.452 e. The van der Waals surface area contributed by atoms with Crippen LogP contribution in [0.2, 0.25) is 0 Å². The maximum absolute atomic E-state index is 5.95. The maximum Gasteiger partial charge on any atom is 0.232 e. The Morgan fingerprint density at radius 3 is 2.50 bits per heavy atom. The van der Waals surface area contributed by atoms with E-state index in [9.17, 15) is 0 Å². The fraction of sp³-hybridized carbons (Fsp3) is 0.150. The van der Waals surface area contributed by atoms with E-state index < -0.39 is 0 Å². The first-order chi connectivity index (χ1) is 12.5. The molecule has 0 aliphatic heterocycles. The number of furan rings is 1. The van der Waals surface area contributed by atoms with Gasteiger partial charge in [-0.25, -0.2) is 0 Å². The summed E-state index contributed by atoms with van der Waals surface area (Å²) in [5.41, 5.74) is 10.9. The molecule has 0 saturated carbocycles. The van der Waals surface area contributed by atoms with Crippen LogP contribution in [0.4, 0.5) is 17.6 Å². The smallest absolute Gasteiger partial charge is 0.232 e. The Balaban J connectivity index is 1.79. The lowest BCUT2D eigenvalue weighted by Gasteiger charge is -2.11. The predicted molar refractivity (Wildman–Crippen MR) is 103 cm³/mol. The van der Waals surface area contributed by atoms with Gasteiger partial charge in [0.2, 0.25) is 17.7 Å². The van der Waals surface area contributed by atoms with Gasteiger partial charge >= 0.3 is 0 Å². The van der Waals surface area contributed by atoms with Gasteiger partial charge in [0.25, 0.3) is 0 Å². The molecule has 2 aromatic heterocycles. The summed E-state index contributed by atoms with van der Waals surface area (Å²) < 4.78 is 5.95. The fourth-order valence-corrected chi connectivity index (χ4v) is 2.94. The van der Waals surface area contributed by atoms with E-state index >= 15 is 0 Å². The standard InChI is InChI=1S/C20H19N5O/c1-11-7-6-9-15(12(11)2)22-20-24-18(23-19(21)25-20)17-13(3)14-8-4-5-10-16(14)26-17/h4-10H,1-3H3,(H3,21,22,23,24,25). The Kier molecular flexibility index (Phi) is 3.80. The summed E-state index contributed by atoms with van der Waals surface area (Å²) in [6.07, 6.45) is 0. The molecule has 0 saturated heterocycles. The minimum Gasteiger partial charge on any atom is -0.452 e. The molecule has 0 amide bonds. The number of anilines is 3. The Morgan fingerprint density at radius 1 is 0.885 bits per heavy atom. The number of nitrogens with two attached hydrogens (primary N) is 1. The molecule has 0 spiro atoms. The highest BCUT2D eigenvalue weighted by atomic mass is 16.3. The Bertz CT molecular complexity index is 1120. The quantitative estimate of drug-likeness (QED) is 0.567. The van der Waals surface area contributed by atoms with Crippen molar-refractivity contribution in [3.05, 3.63) is 59.2 Å². The number of nitrogens with zero attached hydrogens (tertiary/aromatic N) is 3. The van der Waals surface area contributed by atoms with Gasteiger partial charge in [-0.05, 0) is 44.0 Å². The van der Waals surface area contributed by atoms with E-state index in [2.05, 4.69) is 33.3 Å². The third kappa shape index (κ3) is 2.75. The third-order valence-electron chi connectivity index (χ3n) is 4.55. The van der Waals surface area contributed by atoms with Crippen LogP contribution in [-0.4, -0.2) is 15.0 Å². The molecule has 0 radical (unpaired) electrons. The van der Waals surface area contributed by atoms with Crippen LogP contribution in [0.1, 0.15) is 16.7 Å². The van der Waals surface area contributed by atoms with Gasteiger partial charge in [-0.1, -0.05) is 30.3 Å². The Labute approximate surface area is 151 Å². The second-order valence-corrected chi connectivity index (χ2v) is 6.27. The second-order valence-electron chi connectivity index (χ2n) is 6.27. The fourth-order valence-electron chi connectivity index (χ4n) is 2.94. The zero-order valence-corrected chi connectivity index (χ0v) is 14.9. The molecule has 6 nitrogen and oxygen atoms in total. The minimum atomic E-state index is 0.141. The van der Waals surface area contributed by atoms with Crippen molar-refractivity contribution in [2.45, 2.75) is 20.8 Å². The first-order valence-electron chi connectivity index (χ1n) is 8.36. The van der Waals surface area contributed by atoms with Gasteiger partial charge in [-0.2, -0.15) is 15.0 Å². The number of aryl methyl sites for hydroxylation is 2. The van der Waals surface area contributed by atoms with Crippen molar-refractivity contribution in [3.63, 3.8) is 0 Å². The molecule has 0 fully saturated rings. The van der Waals surface area contributed by atoms with Crippen molar-refractivity contribution in [3.8, 4) is 11.6 Å². The molecule has 4 rings (SSSR count). The number of fused-ring (bicyclic) bond motifs is 1. The first-order valence-corrected chi connectivity index (χ1v) is 8.36. The van der Waals surface area contributed by atoms with Crippen molar-refractivity contribution in [1.29, 1.82) is 0 Å². The van der Waals surface area contributed by atoms with Gasteiger partial charge in [-0.3, -0.25) is 0 Å². The SMILES string of the molecule is Cc1cccc(Nc2nc(N)nc(-c3oc4ccccc4c3C)n2)c1C. The van der Waals surface area contributed by atoms with Gasteiger partial charge in [0.1, 0.15) is 5.58 Å². The average molecular weight is 345 g/mol. The van der Waals surface area contributed by atoms with Gasteiger partial charge in [0.05, 0.1) is 0 Å². The second kappa shape index (κ2) is 6.15. The van der Waals surface area contributed by atoms with Crippen molar-refractivity contribution in [1.82, 2.24) is 15.0 Å². The van der Waals surface area contributed by atoms with E-state index in [1.807, 2.05) is 50.2 Å². The van der Waals surface area contributed by atoms with Crippen LogP contribution in [0.3, 0.4) is 0 Å². The molecule has 3 N–H and O–H groups in total. The maximum atomic E-state index is 5.95. The summed E-state index contributed by atoms with van der Waals surface area (Å²) in [4.78, 5) is 13.0. The number of hydrogen-bond acceptors (Lipinski definition) is 6. The van der Waals surface area contributed by atoms with E-state index in [4.69, 9.17) is 10.2 Å². The normalized spacial score (nSPS) is 11.0. The molecule has 0 aliphatic rings. The van der Waals surface area contributed by atoms with Crippen LogP contribution >= 0.6 is 0 Å². The van der Waals surface area contributed by atoms with E-state index in [1.165, 1.54) is 5.56 Å². The number of hydrogen-bond donors (Lipinski definition) is 2. The van der Waals surface area contributed by atoms with E-state index in [-0.39, 0.29) is 5.95 Å². The number of aromatic nitrogens is 3. The summed E-state index contributed by atoms with van der Waals surface area (Å²) in [6, 6.07) is 13.9. The van der Waals surface area contributed by atoms with Crippen molar-refractivity contribution in [2.75, 3.05) is 11.1 Å². The van der Waals surface area contributed by atoms with Crippen molar-refractivity contribution >= 4 is 28.6 Å². The molecular formula is C20H19N5O. The van der Waals surface area contributed by atoms with Gasteiger partial charge in [0.15, 0.2) is 5.76 Å². The van der Waals surface area contributed by atoms with Gasteiger partial charge in [0, 0.05) is 16.6 Å². The van der Waals surface area contributed by atoms with Gasteiger partial charge in [-0.15, -0.1) is 0 Å². The molecule has 0 atom stereocenters. The lowest BCUT2D eigenvalue weighted by atomic mass is 10.1. The summed E-state index contributed by atoms with van der Waals surface area (Å²) >= 11 is 0. The molecule has 2 heterocycles. The Morgan fingerprint density at radius 2 is 1.69 bits per heavy atom. The zero-order valence-electron chi connectivity index (χ0n) is 14.9.